The van der Waals surface area contributed by atoms with Gasteiger partial charge in [-0.2, -0.15) is 0 Å². The summed E-state index contributed by atoms with van der Waals surface area (Å²) in [6.07, 6.45) is -1.88. The van der Waals surface area contributed by atoms with Crippen molar-refractivity contribution < 1.29 is 27.6 Å². The number of anilines is 1. The SMILES string of the molecule is CC(C)C(=O)C1O[Si](C(C)C)(C(C)C)O[Si](C(C)C)(C(C)C)O[C@H]2[C@@H](O)[C@H](n3cnc4c(N)ncnc43)O[C@H]12. The lowest BCUT2D eigenvalue weighted by atomic mass is 9.96. The third-order valence-electron chi connectivity index (χ3n) is 8.23. The number of Topliss-reactive ketones (excluding diaryl/α,β-unsaturated/α-hetero) is 1. The number of nitrogens with two attached hydrogens (primary N) is 1. The number of fused-ring (bicyclic) bond motifs is 2. The minimum Gasteiger partial charge on any atom is -0.414 e. The fraction of sp³-hybridized carbons (Fsp3) is 0.769. The molecule has 0 aliphatic carbocycles. The van der Waals surface area contributed by atoms with E-state index in [0.29, 0.717) is 11.2 Å². The standard InChI is InChI=1S/C26H45N5O6Si2/c1-13(2)19(32)21-23-22(20(33)26(34-23)31-12-30-18-24(27)28-11-29-25(18)31)36-39(16(7)8,17(9)10)37-38(35-21,14(3)4)15(5)6/h11-17,20-23,26,33H,1-10H3,(H2,27,28,29)/t20-,21?,22+,23-,26-/m1/s1. The summed E-state index contributed by atoms with van der Waals surface area (Å²) in [4.78, 5) is 26.5. The first-order valence-electron chi connectivity index (χ1n) is 14.0. The lowest BCUT2D eigenvalue weighted by Crippen LogP contribution is -2.68. The van der Waals surface area contributed by atoms with Gasteiger partial charge in [-0.15, -0.1) is 0 Å². The highest BCUT2D eigenvalue weighted by atomic mass is 28.5. The minimum absolute atomic E-state index is 0.0453. The summed E-state index contributed by atoms with van der Waals surface area (Å²) in [7, 11) is -6.14. The molecule has 0 bridgehead atoms. The van der Waals surface area contributed by atoms with E-state index >= 15 is 0 Å². The third-order valence-corrected chi connectivity index (χ3v) is 18.5. The van der Waals surface area contributed by atoms with E-state index in [1.54, 1.807) is 4.57 Å². The summed E-state index contributed by atoms with van der Waals surface area (Å²) < 4.78 is 29.6. The number of aliphatic hydroxyl groups is 1. The van der Waals surface area contributed by atoms with Gasteiger partial charge in [0.05, 0.1) is 6.33 Å². The molecule has 2 aromatic rings. The Bertz CT molecular complexity index is 1170. The topological polar surface area (TPSA) is 144 Å². The van der Waals surface area contributed by atoms with Gasteiger partial charge in [0.1, 0.15) is 36.3 Å². The van der Waals surface area contributed by atoms with Crippen LogP contribution in [0.3, 0.4) is 0 Å². The minimum atomic E-state index is -3.08. The molecule has 0 amide bonds. The summed E-state index contributed by atoms with van der Waals surface area (Å²) >= 11 is 0. The first-order chi connectivity index (χ1) is 18.2. The highest BCUT2D eigenvalue weighted by Gasteiger charge is 2.64. The lowest BCUT2D eigenvalue weighted by molar-refractivity contribution is -0.146. The molecule has 1 unspecified atom stereocenters. The number of rotatable bonds is 7. The van der Waals surface area contributed by atoms with E-state index in [9.17, 15) is 9.90 Å². The van der Waals surface area contributed by atoms with Gasteiger partial charge in [0.25, 0.3) is 0 Å². The van der Waals surface area contributed by atoms with E-state index in [0.717, 1.165) is 0 Å². The average Bonchev–Trinajstić information content (AvgIpc) is 3.40. The van der Waals surface area contributed by atoms with Gasteiger partial charge in [-0.25, -0.2) is 15.0 Å². The number of hydrogen-bond acceptors (Lipinski definition) is 10. The second kappa shape index (κ2) is 10.9. The van der Waals surface area contributed by atoms with Crippen LogP contribution < -0.4 is 5.73 Å². The molecule has 0 spiro atoms. The molecule has 218 valence electrons. The Labute approximate surface area is 233 Å². The molecule has 4 rings (SSSR count). The molecular formula is C26H45N5O6Si2. The normalized spacial score (nSPS) is 29.0. The number of imidazole rings is 1. The van der Waals surface area contributed by atoms with Crippen LogP contribution in [-0.4, -0.2) is 71.9 Å². The summed E-state index contributed by atoms with van der Waals surface area (Å²) in [6, 6.07) is 0. The Morgan fingerprint density at radius 1 is 0.897 bits per heavy atom. The van der Waals surface area contributed by atoms with Crippen molar-refractivity contribution in [3.63, 3.8) is 0 Å². The van der Waals surface area contributed by atoms with Crippen molar-refractivity contribution in [2.45, 2.75) is 122 Å². The van der Waals surface area contributed by atoms with Crippen LogP contribution in [0.15, 0.2) is 12.7 Å². The van der Waals surface area contributed by atoms with Gasteiger partial charge in [0, 0.05) is 5.92 Å². The average molecular weight is 580 g/mol. The summed E-state index contributed by atoms with van der Waals surface area (Å²) in [5, 5.41) is 11.8. The number of nitrogen functional groups attached to an aromatic ring is 1. The third kappa shape index (κ3) is 4.89. The van der Waals surface area contributed by atoms with E-state index in [1.807, 2.05) is 13.8 Å². The quantitative estimate of drug-likeness (QED) is 0.458. The van der Waals surface area contributed by atoms with Gasteiger partial charge in [0.15, 0.2) is 23.5 Å². The molecule has 2 aliphatic rings. The van der Waals surface area contributed by atoms with Crippen molar-refractivity contribution in [3.8, 4) is 0 Å². The van der Waals surface area contributed by atoms with Crippen LogP contribution in [0, 0.1) is 5.92 Å². The second-order valence-corrected chi connectivity index (χ2v) is 21.2. The maximum Gasteiger partial charge on any atom is 0.335 e. The van der Waals surface area contributed by atoms with Gasteiger partial charge in [-0.05, 0) is 22.2 Å². The Kier molecular flexibility index (Phi) is 8.46. The Balaban J connectivity index is 1.91. The zero-order chi connectivity index (χ0) is 29.0. The number of aliphatic hydroxyl groups excluding tert-OH is 1. The van der Waals surface area contributed by atoms with Crippen LogP contribution in [0.25, 0.3) is 11.2 Å². The highest BCUT2D eigenvalue weighted by molar-refractivity contribution is 6.84. The molecule has 2 fully saturated rings. The molecule has 2 saturated heterocycles. The van der Waals surface area contributed by atoms with Gasteiger partial charge in [-0.3, -0.25) is 9.36 Å². The highest BCUT2D eigenvalue weighted by Crippen LogP contribution is 2.50. The molecule has 3 N–H and O–H groups in total. The molecule has 0 radical (unpaired) electrons. The van der Waals surface area contributed by atoms with Crippen molar-refractivity contribution in [3.05, 3.63) is 12.7 Å². The van der Waals surface area contributed by atoms with Gasteiger partial charge >= 0.3 is 17.1 Å². The van der Waals surface area contributed by atoms with Crippen LogP contribution in [0.2, 0.25) is 22.2 Å². The molecule has 2 aliphatic heterocycles. The van der Waals surface area contributed by atoms with E-state index in [4.69, 9.17) is 23.4 Å². The zero-order valence-electron chi connectivity index (χ0n) is 24.8. The van der Waals surface area contributed by atoms with Crippen molar-refractivity contribution >= 4 is 39.9 Å². The maximum atomic E-state index is 13.8. The molecule has 13 heteroatoms. The van der Waals surface area contributed by atoms with Crippen molar-refractivity contribution in [1.29, 1.82) is 0 Å². The number of nitrogens with zero attached hydrogens (tertiary/aromatic N) is 4. The molecule has 0 saturated carbocycles. The predicted molar refractivity (Wildman–Crippen MR) is 152 cm³/mol. The van der Waals surface area contributed by atoms with Crippen molar-refractivity contribution in [2.75, 3.05) is 5.73 Å². The van der Waals surface area contributed by atoms with E-state index in [2.05, 4.69) is 70.3 Å². The van der Waals surface area contributed by atoms with Crippen LogP contribution in [0.1, 0.15) is 75.5 Å². The number of ether oxygens (including phenoxy) is 1. The monoisotopic (exact) mass is 579 g/mol. The molecule has 4 heterocycles. The number of aromatic nitrogens is 4. The smallest absolute Gasteiger partial charge is 0.335 e. The maximum absolute atomic E-state index is 13.8. The second-order valence-electron chi connectivity index (χ2n) is 12.4. The zero-order valence-corrected chi connectivity index (χ0v) is 26.8. The van der Waals surface area contributed by atoms with E-state index < -0.39 is 47.8 Å². The van der Waals surface area contributed by atoms with E-state index in [1.165, 1.54) is 12.7 Å². The van der Waals surface area contributed by atoms with Crippen LogP contribution in [-0.2, 0) is 22.5 Å². The first-order valence-corrected chi connectivity index (χ1v) is 18.0. The number of carbonyl (C=O) groups excluding carboxylic acids is 1. The molecule has 5 atom stereocenters. The van der Waals surface area contributed by atoms with E-state index in [-0.39, 0.29) is 39.7 Å². The Hall–Kier alpha value is -1.75. The first kappa shape index (κ1) is 30.2. The van der Waals surface area contributed by atoms with Gasteiger partial charge in [-0.1, -0.05) is 69.2 Å². The molecule has 39 heavy (non-hydrogen) atoms. The number of ketones is 1. The lowest BCUT2D eigenvalue weighted by Gasteiger charge is -2.53. The summed E-state index contributed by atoms with van der Waals surface area (Å²) in [6.45, 7) is 20.6. The predicted octanol–water partition coefficient (Wildman–Crippen LogP) is 4.22. The molecule has 2 aromatic heterocycles. The van der Waals surface area contributed by atoms with Crippen LogP contribution in [0.5, 0.6) is 0 Å². The van der Waals surface area contributed by atoms with Gasteiger partial charge in [0.2, 0.25) is 0 Å². The van der Waals surface area contributed by atoms with Gasteiger partial charge < -0.3 is 28.5 Å². The number of carbonyl (C=O) groups is 1. The fourth-order valence-corrected chi connectivity index (χ4v) is 17.3. The molecule has 11 nitrogen and oxygen atoms in total. The Morgan fingerprint density at radius 2 is 1.46 bits per heavy atom. The van der Waals surface area contributed by atoms with Crippen LogP contribution >= 0.6 is 0 Å². The molecular weight excluding hydrogens is 534 g/mol. The summed E-state index contributed by atoms with van der Waals surface area (Å²) in [5.41, 5.74) is 7.05. The van der Waals surface area contributed by atoms with Crippen molar-refractivity contribution in [2.24, 2.45) is 5.92 Å². The fourth-order valence-electron chi connectivity index (χ4n) is 6.02. The summed E-state index contributed by atoms with van der Waals surface area (Å²) in [5.74, 6) is -0.193. The Morgan fingerprint density at radius 3 is 2.00 bits per heavy atom. The van der Waals surface area contributed by atoms with Crippen molar-refractivity contribution in [1.82, 2.24) is 19.5 Å². The largest absolute Gasteiger partial charge is 0.414 e. The van der Waals surface area contributed by atoms with Crippen LogP contribution in [0.4, 0.5) is 5.82 Å². The number of hydrogen-bond donors (Lipinski definition) is 2. The molecule has 0 aromatic carbocycles.